The van der Waals surface area contributed by atoms with E-state index in [9.17, 15) is 0 Å². The molecule has 0 aliphatic carbocycles. The molecule has 7 nitrogen and oxygen atoms in total. The van der Waals surface area contributed by atoms with Crippen molar-refractivity contribution in [2.45, 2.75) is 401 Å². The van der Waals surface area contributed by atoms with E-state index in [1.54, 1.807) is 0 Å². The normalized spacial score (nSPS) is 13.0. The molecule has 0 fully saturated rings. The Morgan fingerprint density at radius 1 is 0.215 bits per heavy atom. The summed E-state index contributed by atoms with van der Waals surface area (Å²) in [7, 11) is 0. The highest BCUT2D eigenvalue weighted by molar-refractivity contribution is 4.90. The number of unbranched alkanes of at least 4 members (excludes halogenated alkanes) is 42. The first-order valence-electron chi connectivity index (χ1n) is 35.8. The van der Waals surface area contributed by atoms with Crippen molar-refractivity contribution in [3.8, 4) is 0 Å². The molecule has 2 unspecified atom stereocenters. The Balaban J connectivity index is 4.37. The van der Waals surface area contributed by atoms with Gasteiger partial charge in [-0.1, -0.05) is 298 Å². The fraction of sp³-hybridized carbons (Fsp3) is 0.944. The maximum Gasteiger partial charge on any atom is 0.180 e. The predicted octanol–water partition coefficient (Wildman–Crippen LogP) is 23.9. The van der Waals surface area contributed by atoms with E-state index in [0.717, 1.165) is 65.0 Å². The Bertz CT molecular complexity index is 1020. The standard InChI is InChI=1S/C72H142O7/c1-7-13-17-21-39-47-55-65-75-69(76-66-56-48-40-22-18-14-8-2)59-51-43-35-31-27-25-29-33-37-45-53-61-71(73-63-11-5)79-72(74-64-12-6)62-54-46-38-34-30-26-28-32-36-44-52-60-70(77-67-57-49-41-23-19-15-9-3)78-68-58-50-42-24-20-16-10-4/h53-54,61-62,69-72H,7-52,55-60,63-68H2,1-6H3. The van der Waals surface area contributed by atoms with Gasteiger partial charge in [0.2, 0.25) is 0 Å². The van der Waals surface area contributed by atoms with Crippen molar-refractivity contribution < 1.29 is 33.2 Å². The quantitative estimate of drug-likeness (QED) is 0.0342. The van der Waals surface area contributed by atoms with Crippen LogP contribution in [0.1, 0.15) is 375 Å². The molecule has 0 saturated carbocycles. The second-order valence-corrected chi connectivity index (χ2v) is 23.8. The summed E-state index contributed by atoms with van der Waals surface area (Å²) < 4.78 is 43.9. The van der Waals surface area contributed by atoms with Gasteiger partial charge < -0.3 is 33.2 Å². The molecule has 472 valence electrons. The van der Waals surface area contributed by atoms with Crippen molar-refractivity contribution in [3.05, 3.63) is 24.3 Å². The van der Waals surface area contributed by atoms with Crippen LogP contribution in [0.3, 0.4) is 0 Å². The smallest absolute Gasteiger partial charge is 0.180 e. The second kappa shape index (κ2) is 69.7. The SMILES string of the molecule is CCCCCCCCCOC(CCCCCCCCCCCC=CC(OCCC)OC(C=CCCCCCCCCCCCC(OCCCCCCCCC)OCCCCCCCCC)OCCC)OCCCCCCCCC. The number of hydrogen-bond donors (Lipinski definition) is 0. The molecule has 0 aromatic rings. The lowest BCUT2D eigenvalue weighted by Gasteiger charge is -2.21. The lowest BCUT2D eigenvalue weighted by atomic mass is 10.1. The average Bonchev–Trinajstić information content (AvgIpc) is 3.46. The fourth-order valence-electron chi connectivity index (χ4n) is 10.4. The first kappa shape index (κ1) is 78.2. The first-order chi connectivity index (χ1) is 39.1. The van der Waals surface area contributed by atoms with E-state index < -0.39 is 0 Å². The average molecular weight is 1120 g/mol. The third kappa shape index (κ3) is 63.1. The lowest BCUT2D eigenvalue weighted by Crippen LogP contribution is -2.25. The van der Waals surface area contributed by atoms with Gasteiger partial charge in [0.05, 0.1) is 0 Å². The van der Waals surface area contributed by atoms with Gasteiger partial charge in [0.1, 0.15) is 0 Å². The maximum atomic E-state index is 6.39. The topological polar surface area (TPSA) is 64.6 Å². The monoisotopic (exact) mass is 1120 g/mol. The second-order valence-electron chi connectivity index (χ2n) is 23.8. The lowest BCUT2D eigenvalue weighted by molar-refractivity contribution is -0.207. The molecule has 0 aromatic carbocycles. The summed E-state index contributed by atoms with van der Waals surface area (Å²) in [6, 6.07) is 0. The molecule has 0 heterocycles. The molecule has 0 N–H and O–H groups in total. The Kier molecular flexibility index (Phi) is 69.0. The molecule has 0 radical (unpaired) electrons. The number of allylic oxidation sites excluding steroid dienone is 2. The fourth-order valence-corrected chi connectivity index (χ4v) is 10.4. The van der Waals surface area contributed by atoms with E-state index >= 15 is 0 Å². The van der Waals surface area contributed by atoms with E-state index in [1.165, 1.54) is 295 Å². The molecule has 79 heavy (non-hydrogen) atoms. The summed E-state index contributed by atoms with van der Waals surface area (Å²) in [4.78, 5) is 0. The van der Waals surface area contributed by atoms with Crippen molar-refractivity contribution in [1.82, 2.24) is 0 Å². The Morgan fingerprint density at radius 2 is 0.443 bits per heavy atom. The maximum absolute atomic E-state index is 6.39. The zero-order valence-corrected chi connectivity index (χ0v) is 54.5. The molecule has 0 rings (SSSR count). The van der Waals surface area contributed by atoms with Gasteiger partial charge in [-0.15, -0.1) is 0 Å². The summed E-state index contributed by atoms with van der Waals surface area (Å²) in [5, 5.41) is 0. The summed E-state index contributed by atoms with van der Waals surface area (Å²) >= 11 is 0. The van der Waals surface area contributed by atoms with Crippen LogP contribution in [0.15, 0.2) is 24.3 Å². The molecule has 0 saturated heterocycles. The molecular weight excluding hydrogens is 977 g/mol. The largest absolute Gasteiger partial charge is 0.353 e. The van der Waals surface area contributed by atoms with Crippen molar-refractivity contribution >= 4 is 0 Å². The van der Waals surface area contributed by atoms with Gasteiger partial charge in [0.15, 0.2) is 25.2 Å². The molecular formula is C72H142O7. The van der Waals surface area contributed by atoms with Crippen molar-refractivity contribution in [3.63, 3.8) is 0 Å². The third-order valence-corrected chi connectivity index (χ3v) is 15.7. The van der Waals surface area contributed by atoms with Crippen LogP contribution in [0.25, 0.3) is 0 Å². The molecule has 0 spiro atoms. The summed E-state index contributed by atoms with van der Waals surface area (Å²) in [6.07, 6.45) is 74.7. The first-order valence-corrected chi connectivity index (χ1v) is 35.8. The zero-order chi connectivity index (χ0) is 57.1. The predicted molar refractivity (Wildman–Crippen MR) is 344 cm³/mol. The minimum atomic E-state index is -0.377. The van der Waals surface area contributed by atoms with E-state index in [0.29, 0.717) is 13.2 Å². The minimum Gasteiger partial charge on any atom is -0.353 e. The van der Waals surface area contributed by atoms with Crippen LogP contribution < -0.4 is 0 Å². The summed E-state index contributed by atoms with van der Waals surface area (Å²) in [6.45, 7) is 18.3. The Labute approximate surface area is 495 Å². The number of hydrogen-bond acceptors (Lipinski definition) is 7. The third-order valence-electron chi connectivity index (χ3n) is 15.7. The van der Waals surface area contributed by atoms with Crippen molar-refractivity contribution in [2.24, 2.45) is 0 Å². The highest BCUT2D eigenvalue weighted by atomic mass is 16.8. The van der Waals surface area contributed by atoms with E-state index in [2.05, 4.69) is 65.8 Å². The molecule has 0 aliphatic rings. The van der Waals surface area contributed by atoms with Crippen LogP contribution in [-0.4, -0.2) is 64.8 Å². The van der Waals surface area contributed by atoms with Crippen molar-refractivity contribution in [2.75, 3.05) is 39.6 Å². The number of ether oxygens (including phenoxy) is 7. The molecule has 0 bridgehead atoms. The molecule has 0 aromatic heterocycles. The molecule has 2 atom stereocenters. The zero-order valence-electron chi connectivity index (χ0n) is 54.5. The highest BCUT2D eigenvalue weighted by Gasteiger charge is 2.14. The molecule has 0 amide bonds. The van der Waals surface area contributed by atoms with Crippen molar-refractivity contribution in [1.29, 1.82) is 0 Å². The van der Waals surface area contributed by atoms with Crippen LogP contribution in [0.4, 0.5) is 0 Å². The number of rotatable bonds is 70. The van der Waals surface area contributed by atoms with Gasteiger partial charge in [0, 0.05) is 39.6 Å². The van der Waals surface area contributed by atoms with Crippen LogP contribution in [-0.2, 0) is 33.2 Å². The van der Waals surface area contributed by atoms with Crippen LogP contribution >= 0.6 is 0 Å². The summed E-state index contributed by atoms with van der Waals surface area (Å²) in [5.41, 5.74) is 0. The van der Waals surface area contributed by atoms with Gasteiger partial charge in [-0.05, 0) is 102 Å². The van der Waals surface area contributed by atoms with Gasteiger partial charge in [-0.25, -0.2) is 0 Å². The van der Waals surface area contributed by atoms with Gasteiger partial charge in [-0.3, -0.25) is 0 Å². The molecule has 0 aliphatic heterocycles. The van der Waals surface area contributed by atoms with E-state index in [4.69, 9.17) is 33.2 Å². The highest BCUT2D eigenvalue weighted by Crippen LogP contribution is 2.19. The van der Waals surface area contributed by atoms with E-state index in [1.807, 2.05) is 0 Å². The van der Waals surface area contributed by atoms with Gasteiger partial charge in [-0.2, -0.15) is 0 Å². The van der Waals surface area contributed by atoms with E-state index in [-0.39, 0.29) is 25.2 Å². The van der Waals surface area contributed by atoms with Crippen LogP contribution in [0.2, 0.25) is 0 Å². The molecule has 7 heteroatoms. The van der Waals surface area contributed by atoms with Gasteiger partial charge in [0.25, 0.3) is 0 Å². The Morgan fingerprint density at radius 3 is 0.696 bits per heavy atom. The summed E-state index contributed by atoms with van der Waals surface area (Å²) in [5.74, 6) is 0. The van der Waals surface area contributed by atoms with Gasteiger partial charge >= 0.3 is 0 Å². The van der Waals surface area contributed by atoms with Crippen LogP contribution in [0.5, 0.6) is 0 Å². The Hall–Kier alpha value is -0.800. The minimum absolute atomic E-state index is 0.00543. The van der Waals surface area contributed by atoms with Crippen LogP contribution in [0, 0.1) is 0 Å².